The van der Waals surface area contributed by atoms with Crippen LogP contribution in [0.2, 0.25) is 0 Å². The highest BCUT2D eigenvalue weighted by atomic mass is 19.1. The summed E-state index contributed by atoms with van der Waals surface area (Å²) < 4.78 is 38.7. The molecule has 0 heterocycles. The first kappa shape index (κ1) is 18.3. The molecule has 1 aliphatic rings. The zero-order chi connectivity index (χ0) is 18.7. The van der Waals surface area contributed by atoms with Crippen molar-refractivity contribution < 1.29 is 28.2 Å². The van der Waals surface area contributed by atoms with Crippen LogP contribution in [-0.4, -0.2) is 17.7 Å². The van der Waals surface area contributed by atoms with Crippen molar-refractivity contribution in [3.05, 3.63) is 64.7 Å². The quantitative estimate of drug-likeness (QED) is 0.783. The predicted molar refractivity (Wildman–Crippen MR) is 91.1 cm³/mol. The number of rotatable bonds is 7. The minimum Gasteiger partial charge on any atom is -0.486 e. The minimum absolute atomic E-state index is 0.122. The van der Waals surface area contributed by atoms with Gasteiger partial charge in [0.15, 0.2) is 0 Å². The van der Waals surface area contributed by atoms with Crippen molar-refractivity contribution in [1.82, 2.24) is 0 Å². The van der Waals surface area contributed by atoms with E-state index in [0.717, 1.165) is 11.6 Å². The Morgan fingerprint density at radius 2 is 2.00 bits per heavy atom. The lowest BCUT2D eigenvalue weighted by Gasteiger charge is -2.18. The van der Waals surface area contributed by atoms with Crippen LogP contribution in [0.25, 0.3) is 0 Å². The third-order valence-corrected chi connectivity index (χ3v) is 4.46. The van der Waals surface area contributed by atoms with Crippen LogP contribution < -0.4 is 4.74 Å². The highest BCUT2D eigenvalue weighted by molar-refractivity contribution is 5.67. The molecule has 0 aromatic heterocycles. The summed E-state index contributed by atoms with van der Waals surface area (Å²) in [5.41, 5.74) is 1.79. The van der Waals surface area contributed by atoms with E-state index in [0.29, 0.717) is 36.3 Å². The fourth-order valence-corrected chi connectivity index (χ4v) is 3.29. The highest BCUT2D eigenvalue weighted by Crippen LogP contribution is 2.37. The van der Waals surface area contributed by atoms with Crippen LogP contribution in [0.4, 0.5) is 8.78 Å². The molecular weight excluding hydrogens is 342 g/mol. The van der Waals surface area contributed by atoms with Crippen molar-refractivity contribution in [3.8, 4) is 5.75 Å². The zero-order valence-electron chi connectivity index (χ0n) is 14.4. The van der Waals surface area contributed by atoms with Gasteiger partial charge in [0.05, 0.1) is 12.5 Å². The summed E-state index contributed by atoms with van der Waals surface area (Å²) in [6.45, 7) is 2.22. The van der Waals surface area contributed by atoms with Gasteiger partial charge in [-0.3, -0.25) is 4.79 Å². The van der Waals surface area contributed by atoms with Crippen molar-refractivity contribution in [3.63, 3.8) is 0 Å². The van der Waals surface area contributed by atoms with E-state index in [1.807, 2.05) is 6.92 Å². The predicted octanol–water partition coefficient (Wildman–Crippen LogP) is 4.58. The van der Waals surface area contributed by atoms with Crippen molar-refractivity contribution in [2.75, 3.05) is 6.61 Å². The van der Waals surface area contributed by atoms with Gasteiger partial charge in [0.2, 0.25) is 0 Å². The first-order valence-corrected chi connectivity index (χ1v) is 8.55. The summed E-state index contributed by atoms with van der Waals surface area (Å²) >= 11 is 0. The smallest absolute Gasteiger partial charge is 0.306 e. The lowest BCUT2D eigenvalue weighted by molar-refractivity contribution is -0.140. The van der Waals surface area contributed by atoms with E-state index in [-0.39, 0.29) is 6.42 Å². The molecule has 1 aliphatic carbocycles. The fraction of sp³-hybridized carbons (Fsp3) is 0.350. The van der Waals surface area contributed by atoms with Gasteiger partial charge in [-0.15, -0.1) is 0 Å². The highest BCUT2D eigenvalue weighted by Gasteiger charge is 2.27. The van der Waals surface area contributed by atoms with E-state index in [4.69, 9.17) is 14.6 Å². The summed E-state index contributed by atoms with van der Waals surface area (Å²) in [5, 5.41) is 8.99. The van der Waals surface area contributed by atoms with Crippen LogP contribution in [-0.2, 0) is 16.0 Å². The Kier molecular flexibility index (Phi) is 5.52. The minimum atomic E-state index is -0.935. The molecule has 0 bridgehead atoms. The second-order valence-corrected chi connectivity index (χ2v) is 6.21. The third kappa shape index (κ3) is 4.02. The van der Waals surface area contributed by atoms with E-state index in [1.54, 1.807) is 24.3 Å². The van der Waals surface area contributed by atoms with Crippen molar-refractivity contribution in [1.29, 1.82) is 0 Å². The normalized spacial score (nSPS) is 17.0. The average molecular weight is 362 g/mol. The fourth-order valence-electron chi connectivity index (χ4n) is 3.29. The Bertz CT molecular complexity index is 789. The van der Waals surface area contributed by atoms with E-state index in [1.165, 1.54) is 6.07 Å². The van der Waals surface area contributed by atoms with E-state index < -0.39 is 29.8 Å². The number of fused-ring (bicyclic) bond motifs is 1. The van der Waals surface area contributed by atoms with Crippen LogP contribution in [0, 0.1) is 11.6 Å². The zero-order valence-corrected chi connectivity index (χ0v) is 14.4. The Hall–Kier alpha value is -2.47. The molecule has 6 heteroatoms. The largest absolute Gasteiger partial charge is 0.486 e. The molecule has 0 saturated heterocycles. The number of carbonyl (C=O) groups is 1. The molecule has 2 atom stereocenters. The van der Waals surface area contributed by atoms with Crippen molar-refractivity contribution >= 4 is 5.97 Å². The maximum atomic E-state index is 13.8. The van der Waals surface area contributed by atoms with Gasteiger partial charge in [0, 0.05) is 18.2 Å². The van der Waals surface area contributed by atoms with Gasteiger partial charge >= 0.3 is 5.97 Å². The van der Waals surface area contributed by atoms with E-state index >= 15 is 0 Å². The van der Waals surface area contributed by atoms with Crippen molar-refractivity contribution in [2.45, 2.75) is 38.4 Å². The summed E-state index contributed by atoms with van der Waals surface area (Å²) in [6, 6.07) is 9.16. The Morgan fingerprint density at radius 3 is 2.65 bits per heavy atom. The van der Waals surface area contributed by atoms with E-state index in [2.05, 4.69) is 0 Å². The van der Waals surface area contributed by atoms with Crippen LogP contribution in [0.3, 0.4) is 0 Å². The molecule has 1 N–H and O–H groups in total. The molecule has 0 saturated carbocycles. The van der Waals surface area contributed by atoms with Crippen LogP contribution in [0.1, 0.15) is 48.7 Å². The number of hydrogen-bond acceptors (Lipinski definition) is 3. The average Bonchev–Trinajstić information content (AvgIpc) is 2.98. The third-order valence-electron chi connectivity index (χ3n) is 4.46. The molecule has 0 fully saturated rings. The maximum absolute atomic E-state index is 13.8. The second-order valence-electron chi connectivity index (χ2n) is 6.21. The molecule has 2 aromatic carbocycles. The van der Waals surface area contributed by atoms with Crippen molar-refractivity contribution in [2.24, 2.45) is 0 Å². The molecule has 4 nitrogen and oxygen atoms in total. The van der Waals surface area contributed by atoms with Gasteiger partial charge in [-0.2, -0.15) is 0 Å². The lowest BCUT2D eigenvalue weighted by atomic mass is 10.1. The summed E-state index contributed by atoms with van der Waals surface area (Å²) in [7, 11) is 0. The molecule has 138 valence electrons. The number of carboxylic acids is 1. The van der Waals surface area contributed by atoms with Crippen LogP contribution in [0.15, 0.2) is 36.4 Å². The van der Waals surface area contributed by atoms with Gasteiger partial charge in [0.1, 0.15) is 23.5 Å². The number of ether oxygens (including phenoxy) is 2. The van der Waals surface area contributed by atoms with Gasteiger partial charge in [0.25, 0.3) is 0 Å². The topological polar surface area (TPSA) is 55.8 Å². The number of aliphatic carboxylic acids is 1. The number of hydrogen-bond donors (Lipinski definition) is 1. The first-order chi connectivity index (χ1) is 12.5. The van der Waals surface area contributed by atoms with Gasteiger partial charge in [-0.25, -0.2) is 8.78 Å². The van der Waals surface area contributed by atoms with E-state index in [9.17, 15) is 13.6 Å². The molecule has 1 unspecified atom stereocenters. The number of benzene rings is 2. The molecular formula is C20H20F2O4. The summed E-state index contributed by atoms with van der Waals surface area (Å²) in [6.07, 6.45) is 0.0419. The lowest BCUT2D eigenvalue weighted by Crippen LogP contribution is -2.10. The Morgan fingerprint density at radius 1 is 1.27 bits per heavy atom. The first-order valence-electron chi connectivity index (χ1n) is 8.55. The molecule has 0 spiro atoms. The molecule has 2 aromatic rings. The number of carboxylic acid groups (broad SMARTS) is 1. The van der Waals surface area contributed by atoms with Gasteiger partial charge < -0.3 is 14.6 Å². The monoisotopic (exact) mass is 362 g/mol. The van der Waals surface area contributed by atoms with Crippen LogP contribution >= 0.6 is 0 Å². The standard InChI is InChI=1S/C20H20F2O4/c1-2-25-19(11-20(23)24)12-3-5-14(6-4-12)26-18-8-7-15-16(18)9-13(21)10-17(15)22/h3-6,9-10,18-19H,2,7-8,11H2,1H3,(H,23,24)/t18?,19-/m0/s1. The Labute approximate surface area is 150 Å². The summed E-state index contributed by atoms with van der Waals surface area (Å²) in [4.78, 5) is 11.0. The number of halogens is 2. The molecule has 3 rings (SSSR count). The second kappa shape index (κ2) is 7.83. The molecule has 0 radical (unpaired) electrons. The molecule has 0 aliphatic heterocycles. The molecule has 26 heavy (non-hydrogen) atoms. The molecule has 0 amide bonds. The Balaban J connectivity index is 1.74. The summed E-state index contributed by atoms with van der Waals surface area (Å²) in [5.74, 6) is -1.52. The maximum Gasteiger partial charge on any atom is 0.306 e. The SMILES string of the molecule is CCO[C@@H](CC(=O)O)c1ccc(OC2CCc3c(F)cc(F)cc32)cc1. The van der Waals surface area contributed by atoms with Crippen LogP contribution in [0.5, 0.6) is 5.75 Å². The van der Waals surface area contributed by atoms with Gasteiger partial charge in [-0.05, 0) is 49.1 Å². The van der Waals surface area contributed by atoms with Gasteiger partial charge in [-0.1, -0.05) is 12.1 Å².